The lowest BCUT2D eigenvalue weighted by Crippen LogP contribution is -2.48. The molecule has 1 aliphatic carbocycles. The van der Waals surface area contributed by atoms with Gasteiger partial charge in [0, 0.05) is 18.0 Å². The van der Waals surface area contributed by atoms with Crippen LogP contribution in [0.25, 0.3) is 15.7 Å². The van der Waals surface area contributed by atoms with E-state index in [0.29, 0.717) is 22.1 Å². The zero-order valence-corrected chi connectivity index (χ0v) is 22.3. The molecule has 0 radical (unpaired) electrons. The van der Waals surface area contributed by atoms with Crippen molar-refractivity contribution in [1.29, 1.82) is 0 Å². The molecule has 11 heteroatoms. The molecule has 0 aliphatic heterocycles. The molecular weight excluding hydrogens is 490 g/mol. The van der Waals surface area contributed by atoms with Crippen LogP contribution in [0, 0.1) is 0 Å². The van der Waals surface area contributed by atoms with Crippen molar-refractivity contribution in [2.75, 3.05) is 0 Å². The molecule has 9 nitrogen and oxygen atoms in total. The van der Waals surface area contributed by atoms with Gasteiger partial charge in [-0.2, -0.15) is 5.10 Å². The van der Waals surface area contributed by atoms with Gasteiger partial charge in [0.05, 0.1) is 14.6 Å². The van der Waals surface area contributed by atoms with Crippen LogP contribution >= 0.6 is 22.9 Å². The first-order valence-electron chi connectivity index (χ1n) is 11.9. The van der Waals surface area contributed by atoms with Crippen molar-refractivity contribution in [3.8, 4) is 0 Å². The molecule has 2 N–H and O–H groups in total. The minimum atomic E-state index is -0.566. The van der Waals surface area contributed by atoms with E-state index in [4.69, 9.17) is 16.3 Å². The molecular formula is C24H32ClN5O4S. The average molecular weight is 522 g/mol. The fourth-order valence-electron chi connectivity index (χ4n) is 4.53. The van der Waals surface area contributed by atoms with E-state index < -0.39 is 11.7 Å². The Morgan fingerprint density at radius 1 is 1.20 bits per heavy atom. The summed E-state index contributed by atoms with van der Waals surface area (Å²) in [4.78, 5) is 38.2. The molecule has 2 amide bonds. The number of amides is 2. The molecule has 0 saturated heterocycles. The Labute approximate surface area is 212 Å². The topological polar surface area (TPSA) is 107 Å². The smallest absolute Gasteiger partial charge is 0.407 e. The van der Waals surface area contributed by atoms with Crippen molar-refractivity contribution in [2.45, 2.75) is 90.4 Å². The fraction of sp³-hybridized carbons (Fsp3) is 0.583. The second-order valence-electron chi connectivity index (χ2n) is 10.4. The number of rotatable bonds is 5. The van der Waals surface area contributed by atoms with E-state index in [-0.39, 0.29) is 36.0 Å². The highest BCUT2D eigenvalue weighted by Gasteiger charge is 2.27. The standard InChI is InChI=1S/C24H32ClN5O4S/c1-13(2)21-28-29(22(32)17-10-18-16(30(17)21)11-19(25)35-18)12-20(31)26-14-7-6-8-15(9-14)27-23(33)34-24(3,4)5/h10-11,13-15H,6-9,12H2,1-5H3,(H,26,31)(H,27,33)/t14-,15+/m0/s1. The Kier molecular flexibility index (Phi) is 7.15. The van der Waals surface area contributed by atoms with Gasteiger partial charge < -0.3 is 15.4 Å². The highest BCUT2D eigenvalue weighted by Crippen LogP contribution is 2.32. The summed E-state index contributed by atoms with van der Waals surface area (Å²) in [5.74, 6) is 0.439. The lowest BCUT2D eigenvalue weighted by molar-refractivity contribution is -0.122. The van der Waals surface area contributed by atoms with E-state index in [1.165, 1.54) is 16.0 Å². The van der Waals surface area contributed by atoms with Crippen LogP contribution in [0.1, 0.15) is 72.0 Å². The van der Waals surface area contributed by atoms with Gasteiger partial charge in [-0.1, -0.05) is 25.4 Å². The normalized spacial score (nSPS) is 18.8. The molecule has 1 aliphatic rings. The fourth-order valence-corrected chi connectivity index (χ4v) is 5.69. The minimum absolute atomic E-state index is 0.0275. The zero-order valence-electron chi connectivity index (χ0n) is 20.7. The Balaban J connectivity index is 1.47. The number of alkyl carbamates (subject to hydrolysis) is 1. The largest absolute Gasteiger partial charge is 0.444 e. The number of nitrogens with one attached hydrogen (secondary N) is 2. The number of carbonyl (C=O) groups is 2. The van der Waals surface area contributed by atoms with Crippen molar-refractivity contribution in [1.82, 2.24) is 24.8 Å². The van der Waals surface area contributed by atoms with Gasteiger partial charge in [0.25, 0.3) is 5.56 Å². The van der Waals surface area contributed by atoms with E-state index in [1.807, 2.05) is 51.2 Å². The lowest BCUT2D eigenvalue weighted by Gasteiger charge is -2.31. The molecule has 3 aromatic heterocycles. The number of nitrogens with zero attached hydrogens (tertiary/aromatic N) is 3. The predicted octanol–water partition coefficient (Wildman–Crippen LogP) is 4.44. The molecule has 190 valence electrons. The van der Waals surface area contributed by atoms with Crippen LogP contribution in [0.2, 0.25) is 4.34 Å². The average Bonchev–Trinajstić information content (AvgIpc) is 3.25. The van der Waals surface area contributed by atoms with Crippen molar-refractivity contribution in [3.63, 3.8) is 0 Å². The van der Waals surface area contributed by atoms with Crippen molar-refractivity contribution >= 4 is 50.7 Å². The molecule has 0 aromatic carbocycles. The molecule has 1 fully saturated rings. The molecule has 3 aromatic rings. The highest BCUT2D eigenvalue weighted by molar-refractivity contribution is 7.22. The Hall–Kier alpha value is -2.59. The summed E-state index contributed by atoms with van der Waals surface area (Å²) in [6.07, 6.45) is 2.67. The number of fused-ring (bicyclic) bond motifs is 3. The Morgan fingerprint density at radius 2 is 1.89 bits per heavy atom. The molecule has 35 heavy (non-hydrogen) atoms. The number of hydrogen-bond donors (Lipinski definition) is 2. The van der Waals surface area contributed by atoms with Crippen molar-refractivity contribution in [2.24, 2.45) is 0 Å². The number of halogens is 1. The lowest BCUT2D eigenvalue weighted by atomic mass is 9.91. The summed E-state index contributed by atoms with van der Waals surface area (Å²) in [6, 6.07) is 3.48. The summed E-state index contributed by atoms with van der Waals surface area (Å²) in [6.45, 7) is 9.28. The molecule has 0 bridgehead atoms. The van der Waals surface area contributed by atoms with Gasteiger partial charge in [0.2, 0.25) is 5.91 Å². The number of hydrogen-bond acceptors (Lipinski definition) is 6. The van der Waals surface area contributed by atoms with Crippen LogP contribution < -0.4 is 16.2 Å². The molecule has 0 unspecified atom stereocenters. The van der Waals surface area contributed by atoms with Crippen LogP contribution in [0.3, 0.4) is 0 Å². The van der Waals surface area contributed by atoms with Gasteiger partial charge in [0.1, 0.15) is 23.5 Å². The van der Waals surface area contributed by atoms with Crippen LogP contribution in [0.4, 0.5) is 4.79 Å². The van der Waals surface area contributed by atoms with Gasteiger partial charge in [0.15, 0.2) is 0 Å². The van der Waals surface area contributed by atoms with E-state index in [0.717, 1.165) is 29.5 Å². The van der Waals surface area contributed by atoms with Gasteiger partial charge in [-0.25, -0.2) is 9.48 Å². The maximum Gasteiger partial charge on any atom is 0.407 e. The van der Waals surface area contributed by atoms with Gasteiger partial charge >= 0.3 is 6.09 Å². The van der Waals surface area contributed by atoms with Crippen LogP contribution in [0.5, 0.6) is 0 Å². The first-order chi connectivity index (χ1) is 16.4. The molecule has 1 saturated carbocycles. The van der Waals surface area contributed by atoms with Crippen LogP contribution in [-0.2, 0) is 16.1 Å². The van der Waals surface area contributed by atoms with Gasteiger partial charge in [-0.15, -0.1) is 11.3 Å². The van der Waals surface area contributed by atoms with E-state index >= 15 is 0 Å². The zero-order chi connectivity index (χ0) is 25.5. The number of thiophene rings is 1. The third kappa shape index (κ3) is 5.81. The molecule has 3 heterocycles. The number of ether oxygens (including phenoxy) is 1. The SMILES string of the molecule is CC(C)c1nn(CC(=O)N[C@H]2CCC[C@@H](NC(=O)OC(C)(C)C)C2)c(=O)c2cc3sc(Cl)cc3n12. The molecule has 0 spiro atoms. The summed E-state index contributed by atoms with van der Waals surface area (Å²) in [7, 11) is 0. The highest BCUT2D eigenvalue weighted by atomic mass is 35.5. The van der Waals surface area contributed by atoms with Gasteiger partial charge in [-0.05, 0) is 58.6 Å². The minimum Gasteiger partial charge on any atom is -0.444 e. The summed E-state index contributed by atoms with van der Waals surface area (Å²) < 4.78 is 9.98. The maximum absolute atomic E-state index is 13.2. The first-order valence-corrected chi connectivity index (χ1v) is 13.1. The van der Waals surface area contributed by atoms with E-state index in [9.17, 15) is 14.4 Å². The summed E-state index contributed by atoms with van der Waals surface area (Å²) >= 11 is 7.58. The van der Waals surface area contributed by atoms with Crippen molar-refractivity contribution in [3.05, 3.63) is 32.6 Å². The Morgan fingerprint density at radius 3 is 2.54 bits per heavy atom. The van der Waals surface area contributed by atoms with Gasteiger partial charge in [-0.3, -0.25) is 14.0 Å². The first kappa shape index (κ1) is 25.5. The second kappa shape index (κ2) is 9.81. The number of carbonyl (C=O) groups excluding carboxylic acids is 2. The number of aromatic nitrogens is 3. The predicted molar refractivity (Wildman–Crippen MR) is 137 cm³/mol. The summed E-state index contributed by atoms with van der Waals surface area (Å²) in [5, 5.41) is 10.5. The maximum atomic E-state index is 13.2. The third-order valence-corrected chi connectivity index (χ3v) is 7.14. The monoisotopic (exact) mass is 521 g/mol. The van der Waals surface area contributed by atoms with Crippen LogP contribution in [-0.4, -0.2) is 43.9 Å². The van der Waals surface area contributed by atoms with E-state index in [2.05, 4.69) is 15.7 Å². The third-order valence-electron chi connectivity index (χ3n) is 5.94. The second-order valence-corrected chi connectivity index (χ2v) is 12.1. The summed E-state index contributed by atoms with van der Waals surface area (Å²) in [5.41, 5.74) is 0.445. The van der Waals surface area contributed by atoms with Crippen LogP contribution in [0.15, 0.2) is 16.9 Å². The van der Waals surface area contributed by atoms with Crippen molar-refractivity contribution < 1.29 is 14.3 Å². The molecule has 2 atom stereocenters. The quantitative estimate of drug-likeness (QED) is 0.516. The Bertz CT molecular complexity index is 1320. The molecule has 4 rings (SSSR count). The van der Waals surface area contributed by atoms with E-state index in [1.54, 1.807) is 0 Å².